The number of carboxylic acids is 1. The Kier molecular flexibility index (Phi) is 4.27. The lowest BCUT2D eigenvalue weighted by atomic mass is 10.1. The molecule has 0 spiro atoms. The number of rotatable bonds is 6. The van der Waals surface area contributed by atoms with Gasteiger partial charge in [-0.2, -0.15) is 0 Å². The van der Waals surface area contributed by atoms with Gasteiger partial charge in [0.25, 0.3) is 0 Å². The zero-order valence-electron chi connectivity index (χ0n) is 10.9. The number of H-pyrrole nitrogens is 1. The number of Topliss-reactive ketones (excluding diaryl/α,β-unsaturated/α-hetero) is 2. The van der Waals surface area contributed by atoms with Gasteiger partial charge in [0.15, 0.2) is 5.78 Å². The van der Waals surface area contributed by atoms with Gasteiger partial charge in [0.2, 0.25) is 5.78 Å². The first-order valence-electron chi connectivity index (χ1n) is 6.17. The summed E-state index contributed by atoms with van der Waals surface area (Å²) in [5.74, 6) is -3.75. The monoisotopic (exact) mass is 289 g/mol. The Labute approximate surface area is 119 Å². The molecular formula is C15H12FNO4. The molecule has 0 radical (unpaired) electrons. The molecule has 0 amide bonds. The van der Waals surface area contributed by atoms with E-state index in [1.807, 2.05) is 0 Å². The van der Waals surface area contributed by atoms with E-state index in [0.29, 0.717) is 17.5 Å². The molecule has 1 heterocycles. The number of carboxylic acid groups (broad SMARTS) is 1. The Hall–Kier alpha value is -2.76. The Balaban J connectivity index is 2.08. The van der Waals surface area contributed by atoms with Gasteiger partial charge in [-0.15, -0.1) is 0 Å². The van der Waals surface area contributed by atoms with Crippen LogP contribution in [0, 0.1) is 5.82 Å². The highest BCUT2D eigenvalue weighted by Gasteiger charge is 2.19. The van der Waals surface area contributed by atoms with Crippen molar-refractivity contribution in [3.63, 3.8) is 0 Å². The highest BCUT2D eigenvalue weighted by molar-refractivity contribution is 6.37. The molecular weight excluding hydrogens is 277 g/mol. The highest BCUT2D eigenvalue weighted by atomic mass is 19.1. The maximum Gasteiger partial charge on any atom is 0.372 e. The van der Waals surface area contributed by atoms with E-state index in [-0.39, 0.29) is 11.5 Å². The fraction of sp³-hybridized carbons (Fsp3) is 0.133. The van der Waals surface area contributed by atoms with E-state index < -0.39 is 24.0 Å². The lowest BCUT2D eigenvalue weighted by Crippen LogP contribution is -2.17. The first kappa shape index (κ1) is 14.6. The van der Waals surface area contributed by atoms with Gasteiger partial charge in [-0.05, 0) is 23.3 Å². The molecule has 0 aliphatic rings. The van der Waals surface area contributed by atoms with Crippen LogP contribution in [0.25, 0.3) is 0 Å². The SMILES string of the molecule is O=C(O)C(=O)CC(=O)c1cc(Cc2ccccc2F)c[nH]1. The van der Waals surface area contributed by atoms with Gasteiger partial charge in [0.05, 0.1) is 12.1 Å². The molecule has 0 bridgehead atoms. The van der Waals surface area contributed by atoms with Crippen molar-refractivity contribution in [2.45, 2.75) is 12.8 Å². The number of nitrogens with one attached hydrogen (secondary N) is 1. The zero-order chi connectivity index (χ0) is 15.4. The lowest BCUT2D eigenvalue weighted by molar-refractivity contribution is -0.148. The quantitative estimate of drug-likeness (QED) is 0.483. The Morgan fingerprint density at radius 2 is 1.90 bits per heavy atom. The molecule has 108 valence electrons. The molecule has 1 aromatic heterocycles. The molecule has 0 aliphatic heterocycles. The van der Waals surface area contributed by atoms with Gasteiger partial charge in [0, 0.05) is 12.6 Å². The number of aromatic nitrogens is 1. The fourth-order valence-electron chi connectivity index (χ4n) is 1.88. The van der Waals surface area contributed by atoms with E-state index in [0.717, 1.165) is 0 Å². The van der Waals surface area contributed by atoms with Gasteiger partial charge < -0.3 is 10.1 Å². The third kappa shape index (κ3) is 3.62. The molecule has 0 saturated carbocycles. The minimum Gasteiger partial charge on any atom is -0.475 e. The van der Waals surface area contributed by atoms with E-state index >= 15 is 0 Å². The van der Waals surface area contributed by atoms with Crippen molar-refractivity contribution in [2.75, 3.05) is 0 Å². The predicted molar refractivity (Wildman–Crippen MR) is 71.6 cm³/mol. The second-order valence-corrected chi connectivity index (χ2v) is 4.52. The van der Waals surface area contributed by atoms with Gasteiger partial charge in [0.1, 0.15) is 5.82 Å². The van der Waals surface area contributed by atoms with Crippen LogP contribution in [0.2, 0.25) is 0 Å². The van der Waals surface area contributed by atoms with Crippen LogP contribution in [0.4, 0.5) is 4.39 Å². The molecule has 2 N–H and O–H groups in total. The highest BCUT2D eigenvalue weighted by Crippen LogP contribution is 2.14. The van der Waals surface area contributed by atoms with Crippen LogP contribution in [0.5, 0.6) is 0 Å². The van der Waals surface area contributed by atoms with E-state index in [1.54, 1.807) is 18.2 Å². The third-order valence-corrected chi connectivity index (χ3v) is 2.96. The summed E-state index contributed by atoms with van der Waals surface area (Å²) >= 11 is 0. The van der Waals surface area contributed by atoms with Crippen LogP contribution in [-0.4, -0.2) is 27.6 Å². The van der Waals surface area contributed by atoms with Crippen molar-refractivity contribution in [3.05, 3.63) is 59.2 Å². The smallest absolute Gasteiger partial charge is 0.372 e. The molecule has 2 aromatic rings. The number of ketones is 2. The van der Waals surface area contributed by atoms with Crippen LogP contribution in [-0.2, 0) is 16.0 Å². The maximum atomic E-state index is 13.5. The summed E-state index contributed by atoms with van der Waals surface area (Å²) < 4.78 is 13.5. The summed E-state index contributed by atoms with van der Waals surface area (Å²) in [5, 5.41) is 8.45. The number of carbonyl (C=O) groups excluding carboxylic acids is 2. The summed E-state index contributed by atoms with van der Waals surface area (Å²) in [6.45, 7) is 0. The first-order valence-corrected chi connectivity index (χ1v) is 6.17. The average molecular weight is 289 g/mol. The van der Waals surface area contributed by atoms with Crippen LogP contribution in [0.3, 0.4) is 0 Å². The number of hydrogen-bond donors (Lipinski definition) is 2. The second kappa shape index (κ2) is 6.13. The summed E-state index contributed by atoms with van der Waals surface area (Å²) in [6.07, 6.45) is 1.13. The molecule has 2 rings (SSSR count). The molecule has 1 aromatic carbocycles. The number of halogens is 1. The Morgan fingerprint density at radius 3 is 2.57 bits per heavy atom. The Morgan fingerprint density at radius 1 is 1.19 bits per heavy atom. The molecule has 0 saturated heterocycles. The standard InChI is InChI=1S/C15H12FNO4/c16-11-4-2-1-3-10(11)5-9-6-12(17-8-9)13(18)7-14(19)15(20)21/h1-4,6,8,17H,5,7H2,(H,20,21). The number of aromatic amines is 1. The van der Waals surface area contributed by atoms with Gasteiger partial charge in [-0.25, -0.2) is 9.18 Å². The van der Waals surface area contributed by atoms with Crippen LogP contribution >= 0.6 is 0 Å². The lowest BCUT2D eigenvalue weighted by Gasteiger charge is -2.00. The summed E-state index contributed by atoms with van der Waals surface area (Å²) in [6, 6.07) is 7.77. The fourth-order valence-corrected chi connectivity index (χ4v) is 1.88. The molecule has 21 heavy (non-hydrogen) atoms. The largest absolute Gasteiger partial charge is 0.475 e. The van der Waals surface area contributed by atoms with Crippen LogP contribution < -0.4 is 0 Å². The van der Waals surface area contributed by atoms with E-state index in [2.05, 4.69) is 4.98 Å². The predicted octanol–water partition coefficient (Wildman–Crippen LogP) is 1.97. The van der Waals surface area contributed by atoms with Crippen molar-refractivity contribution in [1.29, 1.82) is 0 Å². The zero-order valence-corrected chi connectivity index (χ0v) is 10.9. The van der Waals surface area contributed by atoms with E-state index in [9.17, 15) is 18.8 Å². The summed E-state index contributed by atoms with van der Waals surface area (Å²) in [7, 11) is 0. The van der Waals surface area contributed by atoms with Gasteiger partial charge in [-0.3, -0.25) is 9.59 Å². The molecule has 5 nitrogen and oxygen atoms in total. The summed E-state index contributed by atoms with van der Waals surface area (Å²) in [5.41, 5.74) is 1.29. The van der Waals surface area contributed by atoms with Crippen molar-refractivity contribution in [1.82, 2.24) is 4.98 Å². The van der Waals surface area contributed by atoms with Gasteiger partial charge >= 0.3 is 5.97 Å². The van der Waals surface area contributed by atoms with E-state index in [4.69, 9.17) is 5.11 Å². The molecule has 6 heteroatoms. The topological polar surface area (TPSA) is 87.2 Å². The number of aliphatic carboxylic acids is 1. The van der Waals surface area contributed by atoms with Crippen LogP contribution in [0.15, 0.2) is 36.5 Å². The van der Waals surface area contributed by atoms with Crippen molar-refractivity contribution in [3.8, 4) is 0 Å². The molecule has 0 unspecified atom stereocenters. The third-order valence-electron chi connectivity index (χ3n) is 2.96. The maximum absolute atomic E-state index is 13.5. The van der Waals surface area contributed by atoms with Gasteiger partial charge in [-0.1, -0.05) is 18.2 Å². The minimum atomic E-state index is -1.64. The molecule has 0 atom stereocenters. The van der Waals surface area contributed by atoms with Crippen molar-refractivity contribution in [2.24, 2.45) is 0 Å². The van der Waals surface area contributed by atoms with Crippen LogP contribution in [0.1, 0.15) is 28.0 Å². The van der Waals surface area contributed by atoms with Crippen molar-refractivity contribution >= 4 is 17.5 Å². The normalized spacial score (nSPS) is 10.3. The first-order chi connectivity index (χ1) is 9.97. The average Bonchev–Trinajstić information content (AvgIpc) is 2.90. The van der Waals surface area contributed by atoms with Crippen molar-refractivity contribution < 1.29 is 23.9 Å². The molecule has 0 aliphatic carbocycles. The summed E-state index contributed by atoms with van der Waals surface area (Å²) in [4.78, 5) is 35.8. The number of benzene rings is 1. The minimum absolute atomic E-state index is 0.135. The molecule has 0 fully saturated rings. The second-order valence-electron chi connectivity index (χ2n) is 4.52. The number of carbonyl (C=O) groups is 3. The van der Waals surface area contributed by atoms with E-state index in [1.165, 1.54) is 18.3 Å². The number of hydrogen-bond acceptors (Lipinski definition) is 3. The Bertz CT molecular complexity index is 705.